The Morgan fingerprint density at radius 3 is 2.65 bits per heavy atom. The zero-order valence-electron chi connectivity index (χ0n) is 8.54. The highest BCUT2D eigenvalue weighted by Gasteiger charge is 2.16. The molecule has 17 heavy (non-hydrogen) atoms. The van der Waals surface area contributed by atoms with E-state index in [2.05, 4.69) is 4.74 Å². The van der Waals surface area contributed by atoms with E-state index in [0.29, 0.717) is 0 Å². The number of rotatable bonds is 4. The summed E-state index contributed by atoms with van der Waals surface area (Å²) < 4.78 is 27.3. The fourth-order valence-electron chi connectivity index (χ4n) is 1.11. The second-order valence-corrected chi connectivity index (χ2v) is 3.49. The number of nitro benzene ring substituents is 1. The number of benzene rings is 1. The van der Waals surface area contributed by atoms with Crippen molar-refractivity contribution in [2.24, 2.45) is 0 Å². The number of esters is 1. The summed E-state index contributed by atoms with van der Waals surface area (Å²) in [6.45, 7) is 0. The van der Waals surface area contributed by atoms with Gasteiger partial charge in [0.15, 0.2) is 0 Å². The number of hydrogen-bond acceptors (Lipinski definition) is 6. The smallest absolute Gasteiger partial charge is 0.340 e. The highest BCUT2D eigenvalue weighted by atomic mass is 32.2. The average Bonchev–Trinajstić information content (AvgIpc) is 2.27. The zero-order chi connectivity index (χ0) is 13.0. The number of carbonyl (C=O) groups is 1. The van der Waals surface area contributed by atoms with Gasteiger partial charge < -0.3 is 14.0 Å². The number of nitrogens with one attached hydrogen (secondary N) is 1. The summed E-state index contributed by atoms with van der Waals surface area (Å²) in [4.78, 5) is 21.1. The molecule has 1 rings (SSSR count). The van der Waals surface area contributed by atoms with Crippen LogP contribution < -0.4 is 4.72 Å². The van der Waals surface area contributed by atoms with Crippen molar-refractivity contribution in [2.45, 2.75) is 0 Å². The van der Waals surface area contributed by atoms with E-state index in [1.165, 1.54) is 0 Å². The quantitative estimate of drug-likeness (QED) is 0.365. The van der Waals surface area contributed by atoms with Crippen molar-refractivity contribution in [1.29, 1.82) is 0 Å². The minimum absolute atomic E-state index is 0.109. The fourth-order valence-corrected chi connectivity index (χ4v) is 1.46. The van der Waals surface area contributed by atoms with Gasteiger partial charge in [0.05, 0.1) is 23.3 Å². The molecular weight excluding hydrogens is 252 g/mol. The summed E-state index contributed by atoms with van der Waals surface area (Å²) in [6, 6.07) is 3.12. The molecule has 0 aliphatic carbocycles. The van der Waals surface area contributed by atoms with Crippen molar-refractivity contribution < 1.29 is 23.2 Å². The van der Waals surface area contributed by atoms with E-state index >= 15 is 0 Å². The number of carbonyl (C=O) groups excluding carboxylic acids is 1. The normalized spacial score (nSPS) is 11.6. The standard InChI is InChI=1S/C8H8N2O6S/c1-16-8(11)6-3-2-5(10(12)13)4-7(6)9-17(14)15/h2-4,9H,1H3,(H,14,15)/p-1. The second kappa shape index (κ2) is 5.37. The Labute approximate surface area is 98.2 Å². The van der Waals surface area contributed by atoms with Crippen LogP contribution in [-0.2, 0) is 16.0 Å². The molecule has 0 saturated carbocycles. The molecule has 0 aromatic heterocycles. The van der Waals surface area contributed by atoms with E-state index in [-0.39, 0.29) is 16.9 Å². The van der Waals surface area contributed by atoms with Crippen molar-refractivity contribution in [3.63, 3.8) is 0 Å². The lowest BCUT2D eigenvalue weighted by atomic mass is 10.1. The average molecular weight is 259 g/mol. The third kappa shape index (κ3) is 3.23. The molecule has 0 saturated heterocycles. The summed E-state index contributed by atoms with van der Waals surface area (Å²) in [5, 5.41) is 10.5. The molecule has 0 spiro atoms. The molecule has 0 amide bonds. The van der Waals surface area contributed by atoms with Crippen LogP contribution >= 0.6 is 0 Å². The molecule has 0 radical (unpaired) electrons. The third-order valence-electron chi connectivity index (χ3n) is 1.81. The van der Waals surface area contributed by atoms with E-state index in [1.54, 1.807) is 0 Å². The van der Waals surface area contributed by atoms with Gasteiger partial charge in [-0.15, -0.1) is 0 Å². The van der Waals surface area contributed by atoms with Gasteiger partial charge in [-0.3, -0.25) is 14.3 Å². The molecule has 0 fully saturated rings. The molecule has 8 nitrogen and oxygen atoms in total. The Bertz CT molecular complexity index is 489. The SMILES string of the molecule is COC(=O)c1ccc([N+](=O)[O-])cc1NS(=O)[O-]. The van der Waals surface area contributed by atoms with Gasteiger partial charge in [0.1, 0.15) is 0 Å². The van der Waals surface area contributed by atoms with Gasteiger partial charge in [-0.1, -0.05) is 0 Å². The van der Waals surface area contributed by atoms with Crippen LogP contribution in [0.25, 0.3) is 0 Å². The molecule has 1 aromatic rings. The molecule has 92 valence electrons. The summed E-state index contributed by atoms with van der Waals surface area (Å²) in [7, 11) is 1.11. The molecular formula is C8H7N2O6S-. The highest BCUT2D eigenvalue weighted by Crippen LogP contribution is 2.23. The number of methoxy groups -OCH3 is 1. The molecule has 0 aliphatic rings. The van der Waals surface area contributed by atoms with Crippen LogP contribution in [0, 0.1) is 10.1 Å². The Balaban J connectivity index is 3.25. The number of ether oxygens (including phenoxy) is 1. The van der Waals surface area contributed by atoms with E-state index in [1.807, 2.05) is 4.72 Å². The number of hydrogen-bond donors (Lipinski definition) is 1. The zero-order valence-corrected chi connectivity index (χ0v) is 9.35. The Morgan fingerprint density at radius 2 is 2.18 bits per heavy atom. The van der Waals surface area contributed by atoms with Gasteiger partial charge >= 0.3 is 5.97 Å². The van der Waals surface area contributed by atoms with Crippen LogP contribution in [0.15, 0.2) is 18.2 Å². The summed E-state index contributed by atoms with van der Waals surface area (Å²) >= 11 is -2.70. The lowest BCUT2D eigenvalue weighted by molar-refractivity contribution is -0.384. The van der Waals surface area contributed by atoms with Crippen LogP contribution in [0.4, 0.5) is 11.4 Å². The molecule has 1 N–H and O–H groups in total. The minimum Gasteiger partial charge on any atom is -0.755 e. The molecule has 1 atom stereocenters. The van der Waals surface area contributed by atoms with E-state index in [0.717, 1.165) is 25.3 Å². The predicted octanol–water partition coefficient (Wildman–Crippen LogP) is 0.587. The fraction of sp³-hybridized carbons (Fsp3) is 0.125. The Morgan fingerprint density at radius 1 is 1.53 bits per heavy atom. The van der Waals surface area contributed by atoms with Crippen molar-refractivity contribution in [3.05, 3.63) is 33.9 Å². The first-order valence-corrected chi connectivity index (χ1v) is 5.26. The Hall–Kier alpha value is -2.00. The van der Waals surface area contributed by atoms with E-state index in [9.17, 15) is 23.7 Å². The van der Waals surface area contributed by atoms with Crippen LogP contribution in [-0.4, -0.2) is 26.8 Å². The molecule has 0 heterocycles. The molecule has 0 bridgehead atoms. The van der Waals surface area contributed by atoms with Gasteiger partial charge in [-0.25, -0.2) is 4.79 Å². The number of non-ortho nitro benzene ring substituents is 1. The highest BCUT2D eigenvalue weighted by molar-refractivity contribution is 7.80. The van der Waals surface area contributed by atoms with Gasteiger partial charge in [-0.05, 0) is 6.07 Å². The topological polar surface area (TPSA) is 122 Å². The van der Waals surface area contributed by atoms with Gasteiger partial charge in [-0.2, -0.15) is 0 Å². The first-order valence-electron chi connectivity index (χ1n) is 4.18. The Kier molecular flexibility index (Phi) is 4.12. The maximum atomic E-state index is 11.3. The number of anilines is 1. The van der Waals surface area contributed by atoms with Crippen LogP contribution in [0.1, 0.15) is 10.4 Å². The largest absolute Gasteiger partial charge is 0.755 e. The maximum absolute atomic E-state index is 11.3. The predicted molar refractivity (Wildman–Crippen MR) is 57.0 cm³/mol. The molecule has 9 heteroatoms. The van der Waals surface area contributed by atoms with Crippen molar-refractivity contribution in [1.82, 2.24) is 0 Å². The lowest BCUT2D eigenvalue weighted by Gasteiger charge is -2.11. The van der Waals surface area contributed by atoms with Gasteiger partial charge in [0.25, 0.3) is 5.69 Å². The summed E-state index contributed by atoms with van der Waals surface area (Å²) in [6.07, 6.45) is 0. The van der Waals surface area contributed by atoms with E-state index < -0.39 is 22.2 Å². The van der Waals surface area contributed by atoms with Crippen LogP contribution in [0.3, 0.4) is 0 Å². The molecule has 0 aliphatic heterocycles. The monoisotopic (exact) mass is 259 g/mol. The minimum atomic E-state index is -2.70. The van der Waals surface area contributed by atoms with Gasteiger partial charge in [0.2, 0.25) is 0 Å². The number of nitro groups is 1. The van der Waals surface area contributed by atoms with Crippen molar-refractivity contribution >= 4 is 28.6 Å². The second-order valence-electron chi connectivity index (χ2n) is 2.82. The van der Waals surface area contributed by atoms with Crippen LogP contribution in [0.2, 0.25) is 0 Å². The first-order chi connectivity index (χ1) is 7.95. The molecule has 1 aromatic carbocycles. The summed E-state index contributed by atoms with van der Waals surface area (Å²) in [5.74, 6) is -0.798. The summed E-state index contributed by atoms with van der Waals surface area (Å²) in [5.41, 5.74) is -0.660. The lowest BCUT2D eigenvalue weighted by Crippen LogP contribution is -2.10. The molecule has 1 unspecified atom stereocenters. The number of nitrogens with zero attached hydrogens (tertiary/aromatic N) is 1. The third-order valence-corrected chi connectivity index (χ3v) is 2.20. The first kappa shape index (κ1) is 13.1. The van der Waals surface area contributed by atoms with Crippen molar-refractivity contribution in [3.8, 4) is 0 Å². The maximum Gasteiger partial charge on any atom is 0.340 e. The van der Waals surface area contributed by atoms with Crippen molar-refractivity contribution in [2.75, 3.05) is 11.8 Å². The van der Waals surface area contributed by atoms with Crippen LogP contribution in [0.5, 0.6) is 0 Å². The van der Waals surface area contributed by atoms with E-state index in [4.69, 9.17) is 0 Å². The van der Waals surface area contributed by atoms with Gasteiger partial charge in [0, 0.05) is 23.4 Å².